The van der Waals surface area contributed by atoms with E-state index < -0.39 is 5.60 Å². The molecule has 1 aromatic rings. The SMILES string of the molecule is Cc1ccccc1CN(C)C(=O)CN1CCCN(C(=O)OC(C)(C)C)CC1. The lowest BCUT2D eigenvalue weighted by Crippen LogP contribution is -2.41. The Morgan fingerprint density at radius 2 is 1.81 bits per heavy atom. The van der Waals surface area contributed by atoms with Crippen molar-refractivity contribution < 1.29 is 14.3 Å². The van der Waals surface area contributed by atoms with Gasteiger partial charge < -0.3 is 14.5 Å². The van der Waals surface area contributed by atoms with Crippen molar-refractivity contribution in [1.29, 1.82) is 0 Å². The van der Waals surface area contributed by atoms with Crippen molar-refractivity contribution in [1.82, 2.24) is 14.7 Å². The maximum Gasteiger partial charge on any atom is 0.410 e. The monoisotopic (exact) mass is 375 g/mol. The van der Waals surface area contributed by atoms with Crippen LogP contribution in [0.2, 0.25) is 0 Å². The summed E-state index contributed by atoms with van der Waals surface area (Å²) in [6.07, 6.45) is 0.570. The van der Waals surface area contributed by atoms with Gasteiger partial charge in [0.05, 0.1) is 6.54 Å². The van der Waals surface area contributed by atoms with Crippen molar-refractivity contribution in [3.8, 4) is 0 Å². The summed E-state index contributed by atoms with van der Waals surface area (Å²) in [7, 11) is 1.85. The first kappa shape index (κ1) is 21.2. The fourth-order valence-corrected chi connectivity index (χ4v) is 3.08. The topological polar surface area (TPSA) is 53.1 Å². The van der Waals surface area contributed by atoms with E-state index >= 15 is 0 Å². The zero-order valence-corrected chi connectivity index (χ0v) is 17.3. The van der Waals surface area contributed by atoms with Crippen molar-refractivity contribution in [2.24, 2.45) is 0 Å². The van der Waals surface area contributed by atoms with Crippen LogP contribution in [0.25, 0.3) is 0 Å². The fraction of sp³-hybridized carbons (Fsp3) is 0.619. The summed E-state index contributed by atoms with van der Waals surface area (Å²) in [5, 5.41) is 0. The van der Waals surface area contributed by atoms with Gasteiger partial charge in [-0.2, -0.15) is 0 Å². The van der Waals surface area contributed by atoms with Gasteiger partial charge in [-0.05, 0) is 45.2 Å². The van der Waals surface area contributed by atoms with Crippen LogP contribution in [-0.4, -0.2) is 72.1 Å². The van der Waals surface area contributed by atoms with E-state index in [0.717, 1.165) is 13.0 Å². The summed E-state index contributed by atoms with van der Waals surface area (Å²) in [5.41, 5.74) is 1.87. The second-order valence-corrected chi connectivity index (χ2v) is 8.27. The second kappa shape index (κ2) is 9.22. The number of carbonyl (C=O) groups is 2. The number of carbonyl (C=O) groups excluding carboxylic acids is 2. The average Bonchev–Trinajstić information content (AvgIpc) is 2.81. The largest absolute Gasteiger partial charge is 0.444 e. The predicted octanol–water partition coefficient (Wildman–Crippen LogP) is 2.90. The molecule has 0 bridgehead atoms. The first-order valence-corrected chi connectivity index (χ1v) is 9.64. The molecule has 1 heterocycles. The minimum absolute atomic E-state index is 0.101. The Kier molecular flexibility index (Phi) is 7.25. The molecule has 6 nitrogen and oxygen atoms in total. The van der Waals surface area contributed by atoms with Crippen LogP contribution in [0, 0.1) is 6.92 Å². The molecular formula is C21H33N3O3. The van der Waals surface area contributed by atoms with Gasteiger partial charge in [0.2, 0.25) is 5.91 Å². The van der Waals surface area contributed by atoms with Gasteiger partial charge >= 0.3 is 6.09 Å². The number of likely N-dealkylation sites (N-methyl/N-ethyl adjacent to an activating group) is 1. The Labute approximate surface area is 163 Å². The molecule has 0 atom stereocenters. The molecule has 1 aromatic carbocycles. The zero-order valence-electron chi connectivity index (χ0n) is 17.3. The molecule has 0 N–H and O–H groups in total. The first-order valence-electron chi connectivity index (χ1n) is 9.64. The van der Waals surface area contributed by atoms with Crippen molar-refractivity contribution in [3.63, 3.8) is 0 Å². The normalized spacial score (nSPS) is 16.0. The molecule has 1 saturated heterocycles. The number of aryl methyl sites for hydroxylation is 1. The van der Waals surface area contributed by atoms with Crippen molar-refractivity contribution >= 4 is 12.0 Å². The van der Waals surface area contributed by atoms with Crippen LogP contribution in [-0.2, 0) is 16.1 Å². The van der Waals surface area contributed by atoms with Crippen LogP contribution in [0.4, 0.5) is 4.79 Å². The number of benzene rings is 1. The molecule has 0 aliphatic carbocycles. The molecule has 27 heavy (non-hydrogen) atoms. The van der Waals surface area contributed by atoms with Crippen LogP contribution in [0.1, 0.15) is 38.3 Å². The molecule has 0 spiro atoms. The van der Waals surface area contributed by atoms with E-state index in [9.17, 15) is 9.59 Å². The first-order chi connectivity index (χ1) is 12.7. The smallest absolute Gasteiger partial charge is 0.410 e. The number of hydrogen-bond acceptors (Lipinski definition) is 4. The van der Waals surface area contributed by atoms with Crippen LogP contribution in [0.15, 0.2) is 24.3 Å². The molecule has 6 heteroatoms. The Morgan fingerprint density at radius 3 is 2.48 bits per heavy atom. The van der Waals surface area contributed by atoms with Crippen LogP contribution < -0.4 is 0 Å². The van der Waals surface area contributed by atoms with Crippen molar-refractivity contribution in [2.75, 3.05) is 39.8 Å². The fourth-order valence-electron chi connectivity index (χ4n) is 3.08. The number of amides is 2. The Balaban J connectivity index is 1.84. The third-order valence-electron chi connectivity index (χ3n) is 4.69. The van der Waals surface area contributed by atoms with E-state index in [-0.39, 0.29) is 12.0 Å². The van der Waals surface area contributed by atoms with Crippen LogP contribution in [0.5, 0.6) is 0 Å². The van der Waals surface area contributed by atoms with Gasteiger partial charge in [0.25, 0.3) is 0 Å². The highest BCUT2D eigenvalue weighted by Crippen LogP contribution is 2.13. The quantitative estimate of drug-likeness (QED) is 0.812. The Bertz CT molecular complexity index is 654. The molecule has 0 saturated carbocycles. The molecule has 150 valence electrons. The van der Waals surface area contributed by atoms with Gasteiger partial charge in [-0.15, -0.1) is 0 Å². The summed E-state index contributed by atoms with van der Waals surface area (Å²) in [6.45, 7) is 11.4. The summed E-state index contributed by atoms with van der Waals surface area (Å²) in [4.78, 5) is 30.5. The number of ether oxygens (including phenoxy) is 1. The molecule has 0 aromatic heterocycles. The number of rotatable bonds is 4. The molecule has 1 aliphatic heterocycles. The third-order valence-corrected chi connectivity index (χ3v) is 4.69. The Hall–Kier alpha value is -2.08. The summed E-state index contributed by atoms with van der Waals surface area (Å²) in [5.74, 6) is 0.101. The number of hydrogen-bond donors (Lipinski definition) is 0. The van der Waals surface area contributed by atoms with Crippen LogP contribution >= 0.6 is 0 Å². The highest BCUT2D eigenvalue weighted by atomic mass is 16.6. The van der Waals surface area contributed by atoms with E-state index in [1.165, 1.54) is 11.1 Å². The van der Waals surface area contributed by atoms with Crippen molar-refractivity contribution in [2.45, 2.75) is 46.3 Å². The maximum absolute atomic E-state index is 12.6. The second-order valence-electron chi connectivity index (χ2n) is 8.27. The van der Waals surface area contributed by atoms with Gasteiger partial charge in [-0.1, -0.05) is 24.3 Å². The summed E-state index contributed by atoms with van der Waals surface area (Å²) < 4.78 is 5.46. The molecule has 2 rings (SSSR count). The molecule has 0 radical (unpaired) electrons. The lowest BCUT2D eigenvalue weighted by molar-refractivity contribution is -0.131. The minimum Gasteiger partial charge on any atom is -0.444 e. The molecule has 1 fully saturated rings. The summed E-state index contributed by atoms with van der Waals surface area (Å²) in [6, 6.07) is 8.13. The van der Waals surface area contributed by atoms with Gasteiger partial charge in [-0.3, -0.25) is 9.69 Å². The van der Waals surface area contributed by atoms with E-state index in [0.29, 0.717) is 32.7 Å². The standard InChI is InChI=1S/C21H33N3O3/c1-17-9-6-7-10-18(17)15-22(5)19(25)16-23-11-8-12-24(14-13-23)20(26)27-21(2,3)4/h6-7,9-10H,8,11-16H2,1-5H3. The maximum atomic E-state index is 12.6. The van der Waals surface area contributed by atoms with Crippen molar-refractivity contribution in [3.05, 3.63) is 35.4 Å². The zero-order chi connectivity index (χ0) is 20.0. The molecular weight excluding hydrogens is 342 g/mol. The lowest BCUT2D eigenvalue weighted by Gasteiger charge is -2.27. The molecule has 2 amide bonds. The van der Waals surface area contributed by atoms with E-state index in [1.807, 2.05) is 40.0 Å². The Morgan fingerprint density at radius 1 is 1.11 bits per heavy atom. The predicted molar refractivity (Wildman–Crippen MR) is 107 cm³/mol. The van der Waals surface area contributed by atoms with E-state index in [2.05, 4.69) is 24.0 Å². The highest BCUT2D eigenvalue weighted by Gasteiger charge is 2.25. The van der Waals surface area contributed by atoms with Gasteiger partial charge in [-0.25, -0.2) is 4.79 Å². The average molecular weight is 376 g/mol. The number of nitrogens with zero attached hydrogens (tertiary/aromatic N) is 3. The highest BCUT2D eigenvalue weighted by molar-refractivity contribution is 5.78. The van der Waals surface area contributed by atoms with Gasteiger partial charge in [0.15, 0.2) is 0 Å². The minimum atomic E-state index is -0.489. The third kappa shape index (κ3) is 6.86. The summed E-state index contributed by atoms with van der Waals surface area (Å²) >= 11 is 0. The van der Waals surface area contributed by atoms with Crippen LogP contribution in [0.3, 0.4) is 0 Å². The molecule has 1 aliphatic rings. The van der Waals surface area contributed by atoms with Gasteiger partial charge in [0.1, 0.15) is 5.60 Å². The molecule has 0 unspecified atom stereocenters. The lowest BCUT2D eigenvalue weighted by atomic mass is 10.1. The van der Waals surface area contributed by atoms with E-state index in [1.54, 1.807) is 9.80 Å². The van der Waals surface area contributed by atoms with Gasteiger partial charge in [0, 0.05) is 39.8 Å². The van der Waals surface area contributed by atoms with E-state index in [4.69, 9.17) is 4.74 Å².